The molecule has 2 heterocycles. The Kier molecular flexibility index (Phi) is 4.45. The smallest absolute Gasteiger partial charge is 0.305 e. The molecule has 0 amide bonds. The van der Waals surface area contributed by atoms with E-state index in [2.05, 4.69) is 32.9 Å². The van der Waals surface area contributed by atoms with Crippen molar-refractivity contribution in [3.8, 4) is 0 Å². The molecule has 0 unspecified atom stereocenters. The molecule has 32 heavy (non-hydrogen) atoms. The highest BCUT2D eigenvalue weighted by molar-refractivity contribution is 5.97. The van der Waals surface area contributed by atoms with Crippen LogP contribution in [0.5, 0.6) is 0 Å². The Bertz CT molecular complexity index is 1030. The predicted molar refractivity (Wildman–Crippen MR) is 120 cm³/mol. The monoisotopic (exact) mass is 438 g/mol. The van der Waals surface area contributed by atoms with Crippen LogP contribution in [0.2, 0.25) is 0 Å². The number of hydrogen-bond acceptors (Lipinski definition) is 5. The van der Waals surface area contributed by atoms with Crippen LogP contribution in [0, 0.1) is 28.1 Å². The van der Waals surface area contributed by atoms with Gasteiger partial charge in [0.05, 0.1) is 26.1 Å². The number of esters is 1. The van der Waals surface area contributed by atoms with Crippen LogP contribution in [-0.2, 0) is 19.1 Å². The highest BCUT2D eigenvalue weighted by atomic mass is 16.5. The molecule has 0 spiro atoms. The van der Waals surface area contributed by atoms with E-state index < -0.39 is 16.4 Å². The second-order valence-corrected chi connectivity index (χ2v) is 11.4. The molecule has 1 saturated heterocycles. The maximum Gasteiger partial charge on any atom is 0.305 e. The number of carbonyl (C=O) groups is 2. The predicted octanol–water partition coefficient (Wildman–Crippen LogP) is 5.58. The van der Waals surface area contributed by atoms with Gasteiger partial charge >= 0.3 is 5.97 Å². The number of ketones is 1. The summed E-state index contributed by atoms with van der Waals surface area (Å²) < 4.78 is 17.3. The van der Waals surface area contributed by atoms with Gasteiger partial charge in [-0.2, -0.15) is 0 Å². The highest BCUT2D eigenvalue weighted by Crippen LogP contribution is 2.72. The summed E-state index contributed by atoms with van der Waals surface area (Å²) in [4.78, 5) is 25.6. The van der Waals surface area contributed by atoms with Crippen molar-refractivity contribution in [2.24, 2.45) is 28.1 Å². The molecule has 4 aliphatic rings. The summed E-state index contributed by atoms with van der Waals surface area (Å²) in [6, 6.07) is 2.08. The maximum absolute atomic E-state index is 13.2. The fourth-order valence-electron chi connectivity index (χ4n) is 7.93. The minimum atomic E-state index is -0.662. The van der Waals surface area contributed by atoms with E-state index in [1.165, 1.54) is 18.2 Å². The summed E-state index contributed by atoms with van der Waals surface area (Å²) in [6.07, 6.45) is 10.9. The minimum Gasteiger partial charge on any atom is -0.486 e. The lowest BCUT2D eigenvalue weighted by molar-refractivity contribution is -0.147. The summed E-state index contributed by atoms with van der Waals surface area (Å²) in [7, 11) is 1.42. The molecule has 0 bridgehead atoms. The zero-order chi connectivity index (χ0) is 23.1. The van der Waals surface area contributed by atoms with Crippen LogP contribution in [0.4, 0.5) is 0 Å². The van der Waals surface area contributed by atoms with Crippen molar-refractivity contribution in [1.29, 1.82) is 0 Å². The van der Waals surface area contributed by atoms with Gasteiger partial charge < -0.3 is 13.9 Å². The van der Waals surface area contributed by atoms with Crippen molar-refractivity contribution in [3.05, 3.63) is 47.6 Å². The van der Waals surface area contributed by atoms with Crippen LogP contribution in [0.1, 0.15) is 71.8 Å². The molecule has 3 aliphatic carbocycles. The number of ether oxygens (including phenoxy) is 2. The quantitative estimate of drug-likeness (QED) is 0.455. The van der Waals surface area contributed by atoms with Crippen molar-refractivity contribution in [1.82, 2.24) is 0 Å². The summed E-state index contributed by atoms with van der Waals surface area (Å²) in [5.41, 5.74) is 0.993. The van der Waals surface area contributed by atoms with Gasteiger partial charge in [0.2, 0.25) is 0 Å². The Morgan fingerprint density at radius 2 is 1.97 bits per heavy atom. The number of furan rings is 1. The first kappa shape index (κ1) is 21.5. The van der Waals surface area contributed by atoms with Gasteiger partial charge in [-0.05, 0) is 60.6 Å². The Morgan fingerprint density at radius 1 is 1.22 bits per heavy atom. The lowest BCUT2D eigenvalue weighted by atomic mass is 9.47. The van der Waals surface area contributed by atoms with Crippen molar-refractivity contribution in [3.63, 3.8) is 0 Å². The van der Waals surface area contributed by atoms with E-state index in [0.29, 0.717) is 5.92 Å². The topological polar surface area (TPSA) is 65.7 Å². The van der Waals surface area contributed by atoms with E-state index in [9.17, 15) is 9.59 Å². The number of rotatable bonds is 3. The van der Waals surface area contributed by atoms with Crippen molar-refractivity contribution in [2.75, 3.05) is 7.11 Å². The fourth-order valence-corrected chi connectivity index (χ4v) is 7.93. The summed E-state index contributed by atoms with van der Waals surface area (Å²) in [6.45, 7) is 10.7. The number of methoxy groups -OCH3 is 1. The summed E-state index contributed by atoms with van der Waals surface area (Å²) in [5, 5.41) is 0. The van der Waals surface area contributed by atoms with E-state index in [1.54, 1.807) is 12.3 Å². The van der Waals surface area contributed by atoms with Gasteiger partial charge in [-0.3, -0.25) is 9.59 Å². The number of fused-ring (bicyclic) bond motifs is 5. The van der Waals surface area contributed by atoms with E-state index in [-0.39, 0.29) is 35.4 Å². The van der Waals surface area contributed by atoms with Gasteiger partial charge in [-0.1, -0.05) is 33.8 Å². The Balaban J connectivity index is 1.59. The van der Waals surface area contributed by atoms with Gasteiger partial charge in [-0.15, -0.1) is 0 Å². The molecule has 2 fully saturated rings. The molecular formula is C27H34O5. The van der Waals surface area contributed by atoms with Crippen LogP contribution in [0.25, 0.3) is 0 Å². The first-order chi connectivity index (χ1) is 15.0. The molecule has 0 N–H and O–H groups in total. The van der Waals surface area contributed by atoms with Crippen LogP contribution >= 0.6 is 0 Å². The molecule has 0 aromatic carbocycles. The molecule has 1 saturated carbocycles. The largest absolute Gasteiger partial charge is 0.486 e. The molecule has 5 nitrogen and oxygen atoms in total. The van der Waals surface area contributed by atoms with E-state index >= 15 is 0 Å². The Labute approximate surface area is 190 Å². The highest BCUT2D eigenvalue weighted by Gasteiger charge is 2.70. The molecule has 0 radical (unpaired) electrons. The lowest BCUT2D eigenvalue weighted by Gasteiger charge is -2.53. The standard InChI is InChI=1S/C27H34O5/c1-24(2)20(13-23(29)30-6)26(4)19-9-11-25(3)17(16-10-12-31-15-16)7-8-18(25)27(19,5)32-22(26)14-21(24)28/h8,10,12,14-15,17,19-20H,7,9,11,13H2,1-6H3/t17-,19+,20-,25-,26+,27+/m0/s1. The molecule has 172 valence electrons. The zero-order valence-corrected chi connectivity index (χ0v) is 20.0. The van der Waals surface area contributed by atoms with Crippen LogP contribution in [0.15, 0.2) is 46.5 Å². The van der Waals surface area contributed by atoms with E-state index in [0.717, 1.165) is 25.0 Å². The molecule has 5 heteroatoms. The first-order valence-corrected chi connectivity index (χ1v) is 11.7. The fraction of sp³-hybridized carbons (Fsp3) is 0.630. The second kappa shape index (κ2) is 6.61. The number of hydrogen-bond donors (Lipinski definition) is 0. The maximum atomic E-state index is 13.2. The third kappa shape index (κ3) is 2.51. The van der Waals surface area contributed by atoms with Gasteiger partial charge in [0.25, 0.3) is 0 Å². The number of carbonyl (C=O) groups excluding carboxylic acids is 2. The first-order valence-electron chi connectivity index (χ1n) is 11.7. The molecule has 1 aliphatic heterocycles. The van der Waals surface area contributed by atoms with Gasteiger partial charge in [0, 0.05) is 22.8 Å². The van der Waals surface area contributed by atoms with Crippen molar-refractivity contribution < 1.29 is 23.5 Å². The molecule has 6 atom stereocenters. The second-order valence-electron chi connectivity index (χ2n) is 11.4. The average Bonchev–Trinajstić information content (AvgIpc) is 3.42. The number of allylic oxidation sites excluding steroid dienone is 3. The average molecular weight is 439 g/mol. The SMILES string of the molecule is COC(=O)C[C@H]1C(C)(C)C(=O)C=C2O[C@]3(C)C4=CC[C@@H](c5ccoc5)[C@]4(C)CC[C@@H]3[C@@]21C. The van der Waals surface area contributed by atoms with Crippen LogP contribution in [-0.4, -0.2) is 24.5 Å². The van der Waals surface area contributed by atoms with Crippen molar-refractivity contribution in [2.45, 2.75) is 71.8 Å². The molecule has 5 rings (SSSR count). The normalized spacial score (nSPS) is 41.7. The summed E-state index contributed by atoms with van der Waals surface area (Å²) in [5.74, 6) is 0.878. The third-order valence-electron chi connectivity index (χ3n) is 9.71. The third-order valence-corrected chi connectivity index (χ3v) is 9.71. The van der Waals surface area contributed by atoms with Crippen LogP contribution in [0.3, 0.4) is 0 Å². The van der Waals surface area contributed by atoms with E-state index in [4.69, 9.17) is 13.9 Å². The zero-order valence-electron chi connectivity index (χ0n) is 20.0. The molecule has 1 aromatic heterocycles. The van der Waals surface area contributed by atoms with Crippen LogP contribution < -0.4 is 0 Å². The van der Waals surface area contributed by atoms with Gasteiger partial charge in [0.15, 0.2) is 5.78 Å². The van der Waals surface area contributed by atoms with Gasteiger partial charge in [-0.25, -0.2) is 0 Å². The molecule has 1 aromatic rings. The Morgan fingerprint density at radius 3 is 2.62 bits per heavy atom. The summed E-state index contributed by atoms with van der Waals surface area (Å²) >= 11 is 0. The Hall–Kier alpha value is -2.30. The lowest BCUT2D eigenvalue weighted by Crippen LogP contribution is -2.54. The van der Waals surface area contributed by atoms with Crippen molar-refractivity contribution >= 4 is 11.8 Å². The van der Waals surface area contributed by atoms with Gasteiger partial charge in [0.1, 0.15) is 11.4 Å². The molecular weight excluding hydrogens is 404 g/mol. The minimum absolute atomic E-state index is 0.0170. The van der Waals surface area contributed by atoms with E-state index in [1.807, 2.05) is 20.1 Å².